The van der Waals surface area contributed by atoms with Crippen LogP contribution < -0.4 is 11.1 Å². The van der Waals surface area contributed by atoms with Gasteiger partial charge in [0, 0.05) is 5.69 Å². The minimum absolute atomic E-state index is 0.327. The van der Waals surface area contributed by atoms with Crippen LogP contribution in [0.3, 0.4) is 0 Å². The lowest BCUT2D eigenvalue weighted by atomic mass is 10.1. The number of rotatable bonds is 3. The van der Waals surface area contributed by atoms with E-state index in [1.54, 1.807) is 31.2 Å². The van der Waals surface area contributed by atoms with Crippen molar-refractivity contribution in [2.45, 2.75) is 13.0 Å². The Hall–Kier alpha value is -2.43. The number of hydrogen-bond acceptors (Lipinski definition) is 2. The number of para-hydroxylation sites is 1. The van der Waals surface area contributed by atoms with Gasteiger partial charge in [0.1, 0.15) is 0 Å². The molecule has 0 aromatic heterocycles. The zero-order chi connectivity index (χ0) is 14.7. The molecule has 0 aliphatic heterocycles. The van der Waals surface area contributed by atoms with E-state index in [2.05, 4.69) is 5.32 Å². The van der Waals surface area contributed by atoms with Crippen LogP contribution in [0.2, 0.25) is 0 Å². The Labute approximate surface area is 115 Å². The summed E-state index contributed by atoms with van der Waals surface area (Å²) in [5, 5.41) is 2.60. The molecule has 0 spiro atoms. The molecule has 20 heavy (non-hydrogen) atoms. The first-order valence-corrected chi connectivity index (χ1v) is 6.10. The summed E-state index contributed by atoms with van der Waals surface area (Å²) in [6.07, 6.45) is 0. The monoisotopic (exact) mass is 276 g/mol. The van der Waals surface area contributed by atoms with E-state index in [0.29, 0.717) is 5.69 Å². The Morgan fingerprint density at radius 3 is 2.55 bits per heavy atom. The number of anilines is 1. The van der Waals surface area contributed by atoms with E-state index in [1.165, 1.54) is 12.1 Å². The number of halogens is 2. The number of carbonyl (C=O) groups is 1. The molecule has 3 N–H and O–H groups in total. The molecule has 104 valence electrons. The topological polar surface area (TPSA) is 55.1 Å². The Balaban J connectivity index is 2.20. The van der Waals surface area contributed by atoms with Gasteiger partial charge in [0.05, 0.1) is 11.6 Å². The Bertz CT molecular complexity index is 644. The fourth-order valence-electron chi connectivity index (χ4n) is 1.94. The Kier molecular flexibility index (Phi) is 3.98. The molecule has 0 saturated heterocycles. The summed E-state index contributed by atoms with van der Waals surface area (Å²) in [6, 6.07) is 10.1. The van der Waals surface area contributed by atoms with E-state index in [9.17, 15) is 13.6 Å². The minimum atomic E-state index is -1.15. The van der Waals surface area contributed by atoms with Crippen molar-refractivity contribution in [3.63, 3.8) is 0 Å². The second-order valence-corrected chi connectivity index (χ2v) is 4.43. The van der Waals surface area contributed by atoms with Gasteiger partial charge in [-0.1, -0.05) is 24.3 Å². The van der Waals surface area contributed by atoms with Gasteiger partial charge >= 0.3 is 0 Å². The summed E-state index contributed by atoms with van der Waals surface area (Å²) in [6.45, 7) is 1.72. The molecule has 2 aromatic carbocycles. The molecule has 1 amide bonds. The number of benzene rings is 2. The summed E-state index contributed by atoms with van der Waals surface area (Å²) < 4.78 is 26.6. The molecule has 0 aliphatic carbocycles. The third-order valence-corrected chi connectivity index (χ3v) is 3.01. The van der Waals surface area contributed by atoms with Gasteiger partial charge in [-0.15, -0.1) is 0 Å². The fraction of sp³-hybridized carbons (Fsp3) is 0.133. The first kappa shape index (κ1) is 14.0. The Morgan fingerprint density at radius 2 is 1.85 bits per heavy atom. The van der Waals surface area contributed by atoms with Crippen molar-refractivity contribution in [2.24, 2.45) is 0 Å². The van der Waals surface area contributed by atoms with Crippen LogP contribution in [0.1, 0.15) is 28.9 Å². The smallest absolute Gasteiger partial charge is 0.254 e. The predicted molar refractivity (Wildman–Crippen MR) is 73.1 cm³/mol. The first-order valence-electron chi connectivity index (χ1n) is 6.10. The zero-order valence-corrected chi connectivity index (χ0v) is 10.9. The molecule has 0 bridgehead atoms. The summed E-state index contributed by atoms with van der Waals surface area (Å²) in [5.41, 5.74) is 6.72. The van der Waals surface area contributed by atoms with Crippen LogP contribution in [0.4, 0.5) is 14.5 Å². The second-order valence-electron chi connectivity index (χ2n) is 4.43. The SMILES string of the molecule is CC(NC(=O)c1cccc(F)c1F)c1ccccc1N. The van der Waals surface area contributed by atoms with E-state index in [-0.39, 0.29) is 5.56 Å². The van der Waals surface area contributed by atoms with Crippen LogP contribution >= 0.6 is 0 Å². The highest BCUT2D eigenvalue weighted by Crippen LogP contribution is 2.20. The quantitative estimate of drug-likeness (QED) is 0.847. The molecule has 0 fully saturated rings. The van der Waals surface area contributed by atoms with Gasteiger partial charge < -0.3 is 11.1 Å². The van der Waals surface area contributed by atoms with Crippen molar-refractivity contribution >= 4 is 11.6 Å². The van der Waals surface area contributed by atoms with Gasteiger partial charge in [0.15, 0.2) is 11.6 Å². The van der Waals surface area contributed by atoms with Crippen LogP contribution in [0.25, 0.3) is 0 Å². The van der Waals surface area contributed by atoms with Crippen molar-refractivity contribution in [3.05, 3.63) is 65.2 Å². The fourth-order valence-corrected chi connectivity index (χ4v) is 1.94. The lowest BCUT2D eigenvalue weighted by Gasteiger charge is -2.16. The maximum Gasteiger partial charge on any atom is 0.254 e. The van der Waals surface area contributed by atoms with E-state index >= 15 is 0 Å². The number of amides is 1. The van der Waals surface area contributed by atoms with Crippen LogP contribution in [0, 0.1) is 11.6 Å². The molecule has 2 aromatic rings. The van der Waals surface area contributed by atoms with Gasteiger partial charge in [-0.05, 0) is 30.7 Å². The molecule has 3 nitrogen and oxygen atoms in total. The highest BCUT2D eigenvalue weighted by Gasteiger charge is 2.18. The zero-order valence-electron chi connectivity index (χ0n) is 10.9. The number of nitrogens with two attached hydrogens (primary N) is 1. The molecular formula is C15H14F2N2O. The van der Waals surface area contributed by atoms with Gasteiger partial charge in [-0.25, -0.2) is 8.78 Å². The van der Waals surface area contributed by atoms with Gasteiger partial charge in [-0.2, -0.15) is 0 Å². The number of carbonyl (C=O) groups excluding carboxylic acids is 1. The second kappa shape index (κ2) is 5.69. The first-order chi connectivity index (χ1) is 9.50. The van der Waals surface area contributed by atoms with E-state index in [0.717, 1.165) is 11.6 Å². The third kappa shape index (κ3) is 2.77. The Morgan fingerprint density at radius 1 is 1.15 bits per heavy atom. The minimum Gasteiger partial charge on any atom is -0.398 e. The summed E-state index contributed by atoms with van der Waals surface area (Å²) in [5.74, 6) is -2.89. The largest absolute Gasteiger partial charge is 0.398 e. The average Bonchev–Trinajstić information content (AvgIpc) is 2.42. The maximum atomic E-state index is 13.5. The number of nitrogen functional groups attached to an aromatic ring is 1. The molecule has 0 aliphatic rings. The van der Waals surface area contributed by atoms with E-state index in [1.807, 2.05) is 0 Å². The molecule has 0 heterocycles. The molecule has 1 atom stereocenters. The van der Waals surface area contributed by atoms with Gasteiger partial charge in [0.2, 0.25) is 0 Å². The number of hydrogen-bond donors (Lipinski definition) is 2. The molecule has 1 unspecified atom stereocenters. The lowest BCUT2D eigenvalue weighted by molar-refractivity contribution is 0.0935. The van der Waals surface area contributed by atoms with Crippen molar-refractivity contribution in [1.82, 2.24) is 5.32 Å². The summed E-state index contributed by atoms with van der Waals surface area (Å²) >= 11 is 0. The van der Waals surface area contributed by atoms with E-state index in [4.69, 9.17) is 5.73 Å². The highest BCUT2D eigenvalue weighted by molar-refractivity contribution is 5.94. The van der Waals surface area contributed by atoms with E-state index < -0.39 is 23.6 Å². The highest BCUT2D eigenvalue weighted by atomic mass is 19.2. The van der Waals surface area contributed by atoms with Crippen molar-refractivity contribution < 1.29 is 13.6 Å². The maximum absolute atomic E-state index is 13.5. The third-order valence-electron chi connectivity index (χ3n) is 3.01. The predicted octanol–water partition coefficient (Wildman–Crippen LogP) is 3.04. The van der Waals surface area contributed by atoms with Crippen LogP contribution in [0.5, 0.6) is 0 Å². The normalized spacial score (nSPS) is 11.9. The van der Waals surface area contributed by atoms with Crippen molar-refractivity contribution in [1.29, 1.82) is 0 Å². The van der Waals surface area contributed by atoms with Crippen molar-refractivity contribution in [2.75, 3.05) is 5.73 Å². The van der Waals surface area contributed by atoms with Crippen LogP contribution in [0.15, 0.2) is 42.5 Å². The van der Waals surface area contributed by atoms with Crippen LogP contribution in [-0.4, -0.2) is 5.91 Å². The standard InChI is InChI=1S/C15H14F2N2O/c1-9(10-5-2-3-8-13(10)18)19-15(20)11-6-4-7-12(16)14(11)17/h2-9H,18H2,1H3,(H,19,20). The van der Waals surface area contributed by atoms with Crippen LogP contribution in [-0.2, 0) is 0 Å². The molecular weight excluding hydrogens is 262 g/mol. The molecule has 0 saturated carbocycles. The van der Waals surface area contributed by atoms with Gasteiger partial charge in [0.25, 0.3) is 5.91 Å². The molecule has 2 rings (SSSR count). The van der Waals surface area contributed by atoms with Gasteiger partial charge in [-0.3, -0.25) is 4.79 Å². The summed E-state index contributed by atoms with van der Waals surface area (Å²) in [4.78, 5) is 12.0. The molecule has 5 heteroatoms. The average molecular weight is 276 g/mol. The number of nitrogens with one attached hydrogen (secondary N) is 1. The van der Waals surface area contributed by atoms with Crippen molar-refractivity contribution in [3.8, 4) is 0 Å². The summed E-state index contributed by atoms with van der Waals surface area (Å²) in [7, 11) is 0. The molecule has 0 radical (unpaired) electrons. The lowest BCUT2D eigenvalue weighted by Crippen LogP contribution is -2.28.